The molecule has 1 aromatic carbocycles. The maximum atomic E-state index is 12.8. The normalized spacial score (nSPS) is 10.8. The average Bonchev–Trinajstić information content (AvgIpc) is 2.51. The van der Waals surface area contributed by atoms with Crippen LogP contribution in [0.15, 0.2) is 47.3 Å². The van der Waals surface area contributed by atoms with Crippen LogP contribution in [-0.2, 0) is 6.54 Å². The summed E-state index contributed by atoms with van der Waals surface area (Å²) in [4.78, 5) is 31.3. The third-order valence-electron chi connectivity index (χ3n) is 3.61. The van der Waals surface area contributed by atoms with Gasteiger partial charge in [0.1, 0.15) is 5.56 Å². The maximum Gasteiger partial charge on any atom is 0.260 e. The lowest BCUT2D eigenvalue weighted by molar-refractivity contribution is 0.0730. The van der Waals surface area contributed by atoms with E-state index in [0.717, 1.165) is 17.8 Å². The fourth-order valence-corrected chi connectivity index (χ4v) is 2.29. The predicted molar refractivity (Wildman–Crippen MR) is 91.5 cm³/mol. The number of hydrogen-bond acceptors (Lipinski definition) is 3. The van der Waals surface area contributed by atoms with Crippen LogP contribution in [0.2, 0.25) is 0 Å². The van der Waals surface area contributed by atoms with Crippen molar-refractivity contribution in [3.05, 3.63) is 69.6 Å². The molecular formula is C18H23N3O2. The van der Waals surface area contributed by atoms with Crippen LogP contribution in [0.4, 0.5) is 0 Å². The number of likely N-dealkylation sites (N-methyl/N-ethyl adjacent to an activating group) is 1. The van der Waals surface area contributed by atoms with Crippen molar-refractivity contribution in [2.24, 2.45) is 0 Å². The van der Waals surface area contributed by atoms with E-state index in [-0.39, 0.29) is 17.0 Å². The van der Waals surface area contributed by atoms with Gasteiger partial charge in [-0.2, -0.15) is 0 Å². The lowest BCUT2D eigenvalue weighted by Gasteiger charge is -2.24. The summed E-state index contributed by atoms with van der Waals surface area (Å²) < 4.78 is 0. The van der Waals surface area contributed by atoms with Gasteiger partial charge in [0.15, 0.2) is 0 Å². The summed E-state index contributed by atoms with van der Waals surface area (Å²) in [6.45, 7) is 3.58. The van der Waals surface area contributed by atoms with Gasteiger partial charge in [-0.3, -0.25) is 9.59 Å². The van der Waals surface area contributed by atoms with E-state index in [1.807, 2.05) is 49.3 Å². The molecule has 5 nitrogen and oxygen atoms in total. The van der Waals surface area contributed by atoms with Crippen molar-refractivity contribution in [3.63, 3.8) is 0 Å². The van der Waals surface area contributed by atoms with Crippen LogP contribution in [-0.4, -0.2) is 47.9 Å². The largest absolute Gasteiger partial charge is 0.333 e. The first kappa shape index (κ1) is 17.0. The number of hydrogen-bond donors (Lipinski definition) is 1. The number of amides is 1. The molecule has 0 bridgehead atoms. The third kappa shape index (κ3) is 4.79. The Balaban J connectivity index is 2.24. The monoisotopic (exact) mass is 313 g/mol. The minimum atomic E-state index is -0.335. The Bertz CT molecular complexity index is 708. The third-order valence-corrected chi connectivity index (χ3v) is 3.61. The molecule has 1 N–H and O–H groups in total. The van der Waals surface area contributed by atoms with Gasteiger partial charge in [0, 0.05) is 25.3 Å². The van der Waals surface area contributed by atoms with Crippen LogP contribution in [0.3, 0.4) is 0 Å². The van der Waals surface area contributed by atoms with Crippen molar-refractivity contribution in [1.82, 2.24) is 14.8 Å². The van der Waals surface area contributed by atoms with Gasteiger partial charge >= 0.3 is 0 Å². The molecule has 0 atom stereocenters. The van der Waals surface area contributed by atoms with Gasteiger partial charge in [0.2, 0.25) is 0 Å². The molecule has 122 valence electrons. The molecule has 0 fully saturated rings. The highest BCUT2D eigenvalue weighted by Gasteiger charge is 2.19. The number of aromatic amines is 1. The summed E-state index contributed by atoms with van der Waals surface area (Å²) >= 11 is 0. The molecule has 0 saturated heterocycles. The number of nitrogens with zero attached hydrogens (tertiary/aromatic N) is 2. The molecule has 0 aliphatic carbocycles. The number of benzene rings is 1. The summed E-state index contributed by atoms with van der Waals surface area (Å²) in [7, 11) is 3.92. The molecule has 5 heteroatoms. The Kier molecular flexibility index (Phi) is 5.71. The number of carbonyl (C=O) groups excluding carboxylic acids is 1. The zero-order valence-corrected chi connectivity index (χ0v) is 13.9. The quantitative estimate of drug-likeness (QED) is 0.886. The Labute approximate surface area is 136 Å². The van der Waals surface area contributed by atoms with Gasteiger partial charge < -0.3 is 14.8 Å². The van der Waals surface area contributed by atoms with Crippen LogP contribution in [0.1, 0.15) is 21.6 Å². The SMILES string of the molecule is Cc1ccc(C(=O)N(CCN(C)C)Cc2ccccc2)c(=O)[nH]1. The molecule has 0 spiro atoms. The minimum absolute atomic E-state index is 0.185. The van der Waals surface area contributed by atoms with Gasteiger partial charge in [-0.25, -0.2) is 0 Å². The lowest BCUT2D eigenvalue weighted by Crippen LogP contribution is -2.38. The number of rotatable bonds is 6. The van der Waals surface area contributed by atoms with Crippen molar-refractivity contribution >= 4 is 5.91 Å². The molecule has 0 aliphatic heterocycles. The van der Waals surface area contributed by atoms with Crippen molar-refractivity contribution in [2.45, 2.75) is 13.5 Å². The first-order valence-corrected chi connectivity index (χ1v) is 7.65. The van der Waals surface area contributed by atoms with Gasteiger partial charge in [0.25, 0.3) is 11.5 Å². The second kappa shape index (κ2) is 7.74. The van der Waals surface area contributed by atoms with E-state index in [2.05, 4.69) is 4.98 Å². The Morgan fingerprint density at radius 3 is 2.35 bits per heavy atom. The van der Waals surface area contributed by atoms with Crippen molar-refractivity contribution < 1.29 is 4.79 Å². The van der Waals surface area contributed by atoms with E-state index in [4.69, 9.17) is 0 Å². The minimum Gasteiger partial charge on any atom is -0.333 e. The summed E-state index contributed by atoms with van der Waals surface area (Å²) in [5, 5.41) is 0. The highest BCUT2D eigenvalue weighted by molar-refractivity contribution is 5.93. The van der Waals surface area contributed by atoms with Gasteiger partial charge in [0.05, 0.1) is 0 Å². The van der Waals surface area contributed by atoms with Crippen LogP contribution >= 0.6 is 0 Å². The molecule has 0 radical (unpaired) electrons. The van der Waals surface area contributed by atoms with E-state index in [9.17, 15) is 9.59 Å². The molecule has 1 heterocycles. The summed E-state index contributed by atoms with van der Waals surface area (Å²) in [5.74, 6) is -0.239. The predicted octanol–water partition coefficient (Wildman–Crippen LogP) is 1.89. The Hall–Kier alpha value is -2.40. The van der Waals surface area contributed by atoms with Crippen molar-refractivity contribution in [3.8, 4) is 0 Å². The molecule has 0 unspecified atom stereocenters. The van der Waals surface area contributed by atoms with Crippen molar-refractivity contribution in [1.29, 1.82) is 0 Å². The summed E-state index contributed by atoms with van der Waals surface area (Å²) in [6.07, 6.45) is 0. The lowest BCUT2D eigenvalue weighted by atomic mass is 10.1. The Morgan fingerprint density at radius 1 is 1.04 bits per heavy atom. The molecule has 1 aromatic heterocycles. The highest BCUT2D eigenvalue weighted by atomic mass is 16.2. The fourth-order valence-electron chi connectivity index (χ4n) is 2.29. The first-order valence-electron chi connectivity index (χ1n) is 7.65. The number of carbonyl (C=O) groups is 1. The maximum absolute atomic E-state index is 12.8. The fraction of sp³-hybridized carbons (Fsp3) is 0.333. The number of aromatic nitrogens is 1. The molecule has 0 saturated carbocycles. The summed E-state index contributed by atoms with van der Waals surface area (Å²) in [5.41, 5.74) is 1.64. The number of pyridine rings is 1. The molecule has 2 aromatic rings. The van der Waals surface area contributed by atoms with Gasteiger partial charge in [-0.1, -0.05) is 30.3 Å². The topological polar surface area (TPSA) is 56.4 Å². The molecule has 23 heavy (non-hydrogen) atoms. The van der Waals surface area contributed by atoms with E-state index < -0.39 is 0 Å². The average molecular weight is 313 g/mol. The second-order valence-corrected chi connectivity index (χ2v) is 5.90. The molecule has 2 rings (SSSR count). The molecule has 0 aliphatic rings. The van der Waals surface area contributed by atoms with Crippen LogP contribution in [0.25, 0.3) is 0 Å². The highest BCUT2D eigenvalue weighted by Crippen LogP contribution is 2.08. The molecular weight excluding hydrogens is 290 g/mol. The molecule has 1 amide bonds. The van der Waals surface area contributed by atoms with E-state index in [1.54, 1.807) is 24.0 Å². The van der Waals surface area contributed by atoms with Crippen LogP contribution < -0.4 is 5.56 Å². The van der Waals surface area contributed by atoms with E-state index >= 15 is 0 Å². The van der Waals surface area contributed by atoms with Crippen molar-refractivity contribution in [2.75, 3.05) is 27.2 Å². The van der Waals surface area contributed by atoms with E-state index in [0.29, 0.717) is 13.1 Å². The smallest absolute Gasteiger partial charge is 0.260 e. The first-order chi connectivity index (χ1) is 11.0. The number of H-pyrrole nitrogens is 1. The Morgan fingerprint density at radius 2 is 1.74 bits per heavy atom. The number of aryl methyl sites for hydroxylation is 1. The standard InChI is InChI=1S/C18H23N3O2/c1-14-9-10-16(17(22)19-14)18(23)21(12-11-20(2)3)13-15-7-5-4-6-8-15/h4-10H,11-13H2,1-3H3,(H,19,22). The number of nitrogens with one attached hydrogen (secondary N) is 1. The van der Waals surface area contributed by atoms with Gasteiger partial charge in [-0.05, 0) is 38.7 Å². The van der Waals surface area contributed by atoms with Crippen LogP contribution in [0.5, 0.6) is 0 Å². The zero-order valence-electron chi connectivity index (χ0n) is 13.9. The summed E-state index contributed by atoms with van der Waals surface area (Å²) in [6, 6.07) is 13.2. The van der Waals surface area contributed by atoms with Crippen LogP contribution in [0, 0.1) is 6.92 Å². The van der Waals surface area contributed by atoms with E-state index in [1.165, 1.54) is 0 Å². The second-order valence-electron chi connectivity index (χ2n) is 5.90. The zero-order chi connectivity index (χ0) is 16.8. The van der Waals surface area contributed by atoms with Gasteiger partial charge in [-0.15, -0.1) is 0 Å².